The third kappa shape index (κ3) is 2.61. The molecule has 1 aromatic carbocycles. The van der Waals surface area contributed by atoms with Gasteiger partial charge in [0, 0.05) is 13.1 Å². The number of aromatic carboxylic acids is 1. The van der Waals surface area contributed by atoms with Gasteiger partial charge >= 0.3 is 5.97 Å². The summed E-state index contributed by atoms with van der Waals surface area (Å²) in [5.74, 6) is 0.428. The zero-order chi connectivity index (χ0) is 13.3. The molecule has 1 N–H and O–H groups in total. The van der Waals surface area contributed by atoms with Crippen molar-refractivity contribution in [3.05, 3.63) is 28.8 Å². The molecular weight excluding hydrogens is 250 g/mol. The molecule has 1 saturated heterocycles. The van der Waals surface area contributed by atoms with Crippen molar-refractivity contribution in [3.63, 3.8) is 0 Å². The lowest BCUT2D eigenvalue weighted by Crippen LogP contribution is -2.21. The van der Waals surface area contributed by atoms with Crippen molar-refractivity contribution < 1.29 is 9.90 Å². The monoisotopic (exact) mass is 267 g/mol. The van der Waals surface area contributed by atoms with Gasteiger partial charge in [-0.25, -0.2) is 4.79 Å². The smallest absolute Gasteiger partial charge is 0.335 e. The molecule has 1 fully saturated rings. The van der Waals surface area contributed by atoms with Gasteiger partial charge < -0.3 is 10.0 Å². The number of carboxylic acids is 1. The highest BCUT2D eigenvalue weighted by Gasteiger charge is 2.26. The largest absolute Gasteiger partial charge is 0.478 e. The molecule has 0 bridgehead atoms. The molecule has 1 atom stereocenters. The molecule has 1 aliphatic heterocycles. The van der Waals surface area contributed by atoms with Crippen molar-refractivity contribution in [2.45, 2.75) is 20.3 Å². The summed E-state index contributed by atoms with van der Waals surface area (Å²) in [6, 6.07) is 4.96. The summed E-state index contributed by atoms with van der Waals surface area (Å²) in [7, 11) is 0. The van der Waals surface area contributed by atoms with Crippen LogP contribution in [0.1, 0.15) is 30.6 Å². The first-order chi connectivity index (χ1) is 8.49. The van der Waals surface area contributed by atoms with E-state index >= 15 is 0 Å². The normalized spacial score (nSPS) is 19.6. The Labute approximate surface area is 112 Å². The standard InChI is InChI=1S/C14H18ClNO2/c1-9(2)11-5-6-16(8-11)13-4-3-10(14(17)18)7-12(13)15/h3-4,7,9,11H,5-6,8H2,1-2H3,(H,17,18). The van der Waals surface area contributed by atoms with E-state index in [0.29, 0.717) is 16.9 Å². The molecule has 0 aromatic heterocycles. The predicted molar refractivity (Wildman–Crippen MR) is 73.6 cm³/mol. The third-order valence-electron chi connectivity index (χ3n) is 3.70. The van der Waals surface area contributed by atoms with Crippen LogP contribution in [-0.2, 0) is 0 Å². The molecule has 0 saturated carbocycles. The first kappa shape index (κ1) is 13.2. The SMILES string of the molecule is CC(C)C1CCN(c2ccc(C(=O)O)cc2Cl)C1. The van der Waals surface area contributed by atoms with E-state index in [0.717, 1.165) is 18.8 Å². The van der Waals surface area contributed by atoms with Crippen LogP contribution in [-0.4, -0.2) is 24.2 Å². The van der Waals surface area contributed by atoms with E-state index in [9.17, 15) is 4.79 Å². The highest BCUT2D eigenvalue weighted by atomic mass is 35.5. The first-order valence-corrected chi connectivity index (χ1v) is 6.64. The Bertz CT molecular complexity index is 459. The minimum atomic E-state index is -0.940. The van der Waals surface area contributed by atoms with Crippen LogP contribution in [0.3, 0.4) is 0 Å². The summed E-state index contributed by atoms with van der Waals surface area (Å²) < 4.78 is 0. The molecule has 18 heavy (non-hydrogen) atoms. The van der Waals surface area contributed by atoms with E-state index in [-0.39, 0.29) is 5.56 Å². The molecule has 1 aliphatic rings. The fraction of sp³-hybridized carbons (Fsp3) is 0.500. The third-order valence-corrected chi connectivity index (χ3v) is 4.01. The number of carboxylic acid groups (broad SMARTS) is 1. The number of hydrogen-bond acceptors (Lipinski definition) is 2. The van der Waals surface area contributed by atoms with Crippen LogP contribution < -0.4 is 4.90 Å². The summed E-state index contributed by atoms with van der Waals surface area (Å²) in [6.45, 7) is 6.48. The minimum absolute atomic E-state index is 0.239. The maximum absolute atomic E-state index is 10.9. The van der Waals surface area contributed by atoms with Crippen LogP contribution in [0, 0.1) is 11.8 Å². The second-order valence-corrected chi connectivity index (χ2v) is 5.62. The second kappa shape index (κ2) is 5.19. The van der Waals surface area contributed by atoms with Gasteiger partial charge in [0.1, 0.15) is 0 Å². The van der Waals surface area contributed by atoms with Crippen LogP contribution in [0.2, 0.25) is 5.02 Å². The molecule has 1 unspecified atom stereocenters. The van der Waals surface area contributed by atoms with Crippen LogP contribution in [0.15, 0.2) is 18.2 Å². The van der Waals surface area contributed by atoms with E-state index < -0.39 is 5.97 Å². The maximum Gasteiger partial charge on any atom is 0.335 e. The summed E-state index contributed by atoms with van der Waals surface area (Å²) in [4.78, 5) is 13.1. The highest BCUT2D eigenvalue weighted by molar-refractivity contribution is 6.33. The molecule has 0 spiro atoms. The fourth-order valence-electron chi connectivity index (χ4n) is 2.45. The van der Waals surface area contributed by atoms with Gasteiger partial charge in [0.05, 0.1) is 16.3 Å². The summed E-state index contributed by atoms with van der Waals surface area (Å²) in [6.07, 6.45) is 1.18. The van der Waals surface area contributed by atoms with Crippen molar-refractivity contribution >= 4 is 23.3 Å². The van der Waals surface area contributed by atoms with Gasteiger partial charge in [-0.05, 0) is 36.5 Å². The number of carbonyl (C=O) groups is 1. The lowest BCUT2D eigenvalue weighted by atomic mass is 9.95. The van der Waals surface area contributed by atoms with Crippen molar-refractivity contribution in [3.8, 4) is 0 Å². The molecule has 4 heteroatoms. The van der Waals surface area contributed by atoms with Crippen molar-refractivity contribution in [1.29, 1.82) is 0 Å². The summed E-state index contributed by atoms with van der Waals surface area (Å²) in [5.41, 5.74) is 1.19. The average Bonchev–Trinajstić information content (AvgIpc) is 2.78. The molecule has 3 nitrogen and oxygen atoms in total. The van der Waals surface area contributed by atoms with Crippen molar-refractivity contribution in [2.75, 3.05) is 18.0 Å². The van der Waals surface area contributed by atoms with E-state index in [1.165, 1.54) is 12.5 Å². The Kier molecular flexibility index (Phi) is 3.81. The molecule has 0 amide bonds. The zero-order valence-electron chi connectivity index (χ0n) is 10.7. The highest BCUT2D eigenvalue weighted by Crippen LogP contribution is 2.33. The van der Waals surface area contributed by atoms with Crippen molar-refractivity contribution in [2.24, 2.45) is 11.8 Å². The molecule has 0 aliphatic carbocycles. The van der Waals surface area contributed by atoms with Crippen LogP contribution >= 0.6 is 11.6 Å². The zero-order valence-corrected chi connectivity index (χ0v) is 11.4. The molecule has 0 radical (unpaired) electrons. The van der Waals surface area contributed by atoms with Gasteiger partial charge in [0.2, 0.25) is 0 Å². The molecule has 1 heterocycles. The van der Waals surface area contributed by atoms with Crippen LogP contribution in [0.5, 0.6) is 0 Å². The quantitative estimate of drug-likeness (QED) is 0.911. The molecule has 1 aromatic rings. The Morgan fingerprint density at radius 2 is 2.22 bits per heavy atom. The van der Waals surface area contributed by atoms with Crippen LogP contribution in [0.4, 0.5) is 5.69 Å². The number of nitrogens with zero attached hydrogens (tertiary/aromatic N) is 1. The Hall–Kier alpha value is -1.22. The van der Waals surface area contributed by atoms with Gasteiger partial charge in [-0.1, -0.05) is 25.4 Å². The van der Waals surface area contributed by atoms with Crippen molar-refractivity contribution in [1.82, 2.24) is 0 Å². The van der Waals surface area contributed by atoms with Gasteiger partial charge in [-0.3, -0.25) is 0 Å². The summed E-state index contributed by atoms with van der Waals surface area (Å²) >= 11 is 6.18. The Morgan fingerprint density at radius 3 is 2.72 bits per heavy atom. The minimum Gasteiger partial charge on any atom is -0.478 e. The number of anilines is 1. The van der Waals surface area contributed by atoms with Gasteiger partial charge in [0.25, 0.3) is 0 Å². The summed E-state index contributed by atoms with van der Waals surface area (Å²) in [5, 5.41) is 9.44. The van der Waals surface area contributed by atoms with E-state index in [1.807, 2.05) is 6.07 Å². The lowest BCUT2D eigenvalue weighted by Gasteiger charge is -2.21. The maximum atomic E-state index is 10.9. The second-order valence-electron chi connectivity index (χ2n) is 5.21. The first-order valence-electron chi connectivity index (χ1n) is 6.27. The predicted octanol–water partition coefficient (Wildman–Crippen LogP) is 3.52. The number of hydrogen-bond donors (Lipinski definition) is 1. The topological polar surface area (TPSA) is 40.5 Å². The number of benzene rings is 1. The Morgan fingerprint density at radius 1 is 1.50 bits per heavy atom. The lowest BCUT2D eigenvalue weighted by molar-refractivity contribution is 0.0697. The van der Waals surface area contributed by atoms with Crippen LogP contribution in [0.25, 0.3) is 0 Å². The fourth-order valence-corrected chi connectivity index (χ4v) is 2.75. The average molecular weight is 268 g/mol. The molecular formula is C14H18ClNO2. The van der Waals surface area contributed by atoms with Gasteiger partial charge in [-0.15, -0.1) is 0 Å². The number of rotatable bonds is 3. The van der Waals surface area contributed by atoms with Gasteiger partial charge in [-0.2, -0.15) is 0 Å². The van der Waals surface area contributed by atoms with E-state index in [4.69, 9.17) is 16.7 Å². The number of halogens is 1. The Balaban J connectivity index is 2.18. The van der Waals surface area contributed by atoms with E-state index in [2.05, 4.69) is 18.7 Å². The van der Waals surface area contributed by atoms with E-state index in [1.54, 1.807) is 6.07 Å². The van der Waals surface area contributed by atoms with Gasteiger partial charge in [0.15, 0.2) is 0 Å². The molecule has 2 rings (SSSR count). The molecule has 98 valence electrons.